The number of aromatic nitrogens is 1. The fraction of sp³-hybridized carbons (Fsp3) is 0.294. The van der Waals surface area contributed by atoms with Crippen LogP contribution in [-0.4, -0.2) is 43.0 Å². The first-order valence-electron chi connectivity index (χ1n) is 7.69. The number of nitrogens with zero attached hydrogens (tertiary/aromatic N) is 2. The molecule has 1 aromatic carbocycles. The topological polar surface area (TPSA) is 57.3 Å². The van der Waals surface area contributed by atoms with Gasteiger partial charge < -0.3 is 15.5 Å². The van der Waals surface area contributed by atoms with E-state index >= 15 is 0 Å². The van der Waals surface area contributed by atoms with Gasteiger partial charge in [-0.3, -0.25) is 9.78 Å². The number of amides is 1. The van der Waals surface area contributed by atoms with E-state index in [9.17, 15) is 18.0 Å². The lowest BCUT2D eigenvalue weighted by Gasteiger charge is -2.13. The third-order valence-electron chi connectivity index (χ3n) is 3.41. The Morgan fingerprint density at radius 2 is 1.96 bits per heavy atom. The Hall–Kier alpha value is -2.32. The predicted octanol–water partition coefficient (Wildman–Crippen LogP) is 3.79. The first kappa shape index (κ1) is 20.0. The molecule has 0 radical (unpaired) electrons. The minimum atomic E-state index is -4.48. The summed E-state index contributed by atoms with van der Waals surface area (Å²) in [4.78, 5) is 18.0. The number of carbonyl (C=O) groups is 1. The lowest BCUT2D eigenvalue weighted by atomic mass is 10.2. The molecule has 0 fully saturated rings. The Labute approximate surface area is 154 Å². The number of rotatable bonds is 6. The van der Waals surface area contributed by atoms with Crippen molar-refractivity contribution in [2.75, 3.05) is 32.5 Å². The van der Waals surface area contributed by atoms with E-state index in [-0.39, 0.29) is 22.3 Å². The first-order valence-corrected chi connectivity index (χ1v) is 8.07. The Morgan fingerprint density at radius 1 is 1.23 bits per heavy atom. The fourth-order valence-corrected chi connectivity index (χ4v) is 2.23. The lowest BCUT2D eigenvalue weighted by Crippen LogP contribution is -2.31. The van der Waals surface area contributed by atoms with Crippen LogP contribution in [0.2, 0.25) is 5.02 Å². The highest BCUT2D eigenvalue weighted by molar-refractivity contribution is 6.33. The molecule has 5 nitrogen and oxygen atoms in total. The minimum Gasteiger partial charge on any atom is -0.354 e. The van der Waals surface area contributed by atoms with Gasteiger partial charge in [-0.1, -0.05) is 11.6 Å². The lowest BCUT2D eigenvalue weighted by molar-refractivity contribution is -0.137. The van der Waals surface area contributed by atoms with Gasteiger partial charge in [0.1, 0.15) is 5.69 Å². The van der Waals surface area contributed by atoms with Gasteiger partial charge >= 0.3 is 6.18 Å². The molecule has 0 atom stereocenters. The van der Waals surface area contributed by atoms with E-state index in [1.807, 2.05) is 19.0 Å². The normalized spacial score (nSPS) is 11.5. The molecule has 0 aliphatic rings. The van der Waals surface area contributed by atoms with Gasteiger partial charge in [0, 0.05) is 25.0 Å². The largest absolute Gasteiger partial charge is 0.416 e. The van der Waals surface area contributed by atoms with Crippen LogP contribution in [0.1, 0.15) is 16.1 Å². The minimum absolute atomic E-state index is 0.0895. The molecule has 2 rings (SSSR count). The van der Waals surface area contributed by atoms with Crippen LogP contribution in [0.25, 0.3) is 0 Å². The van der Waals surface area contributed by atoms with E-state index in [0.29, 0.717) is 18.8 Å². The number of benzene rings is 1. The molecule has 0 aliphatic heterocycles. The molecule has 2 aromatic rings. The Balaban J connectivity index is 2.15. The number of nitrogens with one attached hydrogen (secondary N) is 2. The standard InChI is InChI=1S/C17H18ClF3N4O/c1-25(2)8-7-23-16(26)15-10-12(5-6-22-15)24-14-9-11(17(19,20)21)3-4-13(14)18/h3-6,9-10H,7-8H2,1-2H3,(H,22,24)(H,23,26). The predicted molar refractivity (Wildman–Crippen MR) is 94.9 cm³/mol. The van der Waals surface area contributed by atoms with Crippen molar-refractivity contribution in [3.8, 4) is 0 Å². The van der Waals surface area contributed by atoms with Crippen molar-refractivity contribution in [2.24, 2.45) is 0 Å². The van der Waals surface area contributed by atoms with Crippen LogP contribution in [0.15, 0.2) is 36.5 Å². The van der Waals surface area contributed by atoms with Gasteiger partial charge in [0.25, 0.3) is 5.91 Å². The quantitative estimate of drug-likeness (QED) is 0.793. The highest BCUT2D eigenvalue weighted by Gasteiger charge is 2.31. The van der Waals surface area contributed by atoms with Gasteiger partial charge in [0.15, 0.2) is 0 Å². The van der Waals surface area contributed by atoms with Gasteiger partial charge in [-0.05, 0) is 44.4 Å². The summed E-state index contributed by atoms with van der Waals surface area (Å²) in [6.45, 7) is 1.12. The van der Waals surface area contributed by atoms with Crippen molar-refractivity contribution in [1.29, 1.82) is 0 Å². The van der Waals surface area contributed by atoms with Crippen LogP contribution in [0.5, 0.6) is 0 Å². The van der Waals surface area contributed by atoms with Crippen LogP contribution in [-0.2, 0) is 6.18 Å². The van der Waals surface area contributed by atoms with Crippen molar-refractivity contribution >= 4 is 28.9 Å². The third-order valence-corrected chi connectivity index (χ3v) is 3.74. The summed E-state index contributed by atoms with van der Waals surface area (Å²) in [7, 11) is 3.77. The van der Waals surface area contributed by atoms with Crippen LogP contribution >= 0.6 is 11.6 Å². The molecule has 9 heteroatoms. The SMILES string of the molecule is CN(C)CCNC(=O)c1cc(Nc2cc(C(F)(F)F)ccc2Cl)ccn1. The molecule has 0 aliphatic carbocycles. The molecule has 140 valence electrons. The monoisotopic (exact) mass is 386 g/mol. The summed E-state index contributed by atoms with van der Waals surface area (Å²) in [6, 6.07) is 5.97. The highest BCUT2D eigenvalue weighted by atomic mass is 35.5. The number of anilines is 2. The molecule has 26 heavy (non-hydrogen) atoms. The van der Waals surface area contributed by atoms with E-state index in [4.69, 9.17) is 11.6 Å². The van der Waals surface area contributed by atoms with E-state index in [1.165, 1.54) is 24.4 Å². The zero-order valence-corrected chi connectivity index (χ0v) is 14.9. The summed E-state index contributed by atoms with van der Waals surface area (Å²) in [5, 5.41) is 5.64. The molecule has 0 saturated heterocycles. The Bertz CT molecular complexity index is 781. The summed E-state index contributed by atoms with van der Waals surface area (Å²) in [5.74, 6) is -0.370. The van der Waals surface area contributed by atoms with Crippen molar-refractivity contribution in [1.82, 2.24) is 15.2 Å². The molecule has 1 aromatic heterocycles. The fourth-order valence-electron chi connectivity index (χ4n) is 2.07. The Morgan fingerprint density at radius 3 is 2.62 bits per heavy atom. The van der Waals surface area contributed by atoms with E-state index in [0.717, 1.165) is 12.1 Å². The summed E-state index contributed by atoms with van der Waals surface area (Å²) >= 11 is 5.97. The number of hydrogen-bond donors (Lipinski definition) is 2. The molecular weight excluding hydrogens is 369 g/mol. The van der Waals surface area contributed by atoms with Crippen LogP contribution in [0.3, 0.4) is 0 Å². The van der Waals surface area contributed by atoms with Gasteiger partial charge in [0.05, 0.1) is 16.3 Å². The molecule has 0 saturated carbocycles. The van der Waals surface area contributed by atoms with Crippen LogP contribution in [0.4, 0.5) is 24.5 Å². The van der Waals surface area contributed by atoms with E-state index in [2.05, 4.69) is 15.6 Å². The second-order valence-corrected chi connectivity index (χ2v) is 6.21. The van der Waals surface area contributed by atoms with Crippen molar-refractivity contribution in [3.63, 3.8) is 0 Å². The van der Waals surface area contributed by atoms with E-state index in [1.54, 1.807) is 0 Å². The van der Waals surface area contributed by atoms with Gasteiger partial charge in [-0.2, -0.15) is 13.2 Å². The number of carbonyl (C=O) groups excluding carboxylic acids is 1. The summed E-state index contributed by atoms with van der Waals surface area (Å²) in [6.07, 6.45) is -3.08. The summed E-state index contributed by atoms with van der Waals surface area (Å²) in [5.41, 5.74) is -0.178. The molecule has 0 spiro atoms. The molecule has 2 N–H and O–H groups in total. The number of pyridine rings is 1. The average Bonchev–Trinajstić information content (AvgIpc) is 2.55. The number of halogens is 4. The molecule has 0 unspecified atom stereocenters. The zero-order valence-electron chi connectivity index (χ0n) is 14.2. The molecule has 0 bridgehead atoms. The molecular formula is C17H18ClF3N4O. The average molecular weight is 387 g/mol. The van der Waals surface area contributed by atoms with Crippen molar-refractivity contribution in [2.45, 2.75) is 6.18 Å². The maximum atomic E-state index is 12.8. The molecule has 1 amide bonds. The maximum Gasteiger partial charge on any atom is 0.416 e. The van der Waals surface area contributed by atoms with Crippen LogP contribution in [0, 0.1) is 0 Å². The van der Waals surface area contributed by atoms with E-state index < -0.39 is 11.7 Å². The number of likely N-dealkylation sites (N-methyl/N-ethyl adjacent to an activating group) is 1. The highest BCUT2D eigenvalue weighted by Crippen LogP contribution is 2.34. The van der Waals surface area contributed by atoms with Crippen LogP contribution < -0.4 is 10.6 Å². The molecule has 1 heterocycles. The smallest absolute Gasteiger partial charge is 0.354 e. The third kappa shape index (κ3) is 5.60. The van der Waals surface area contributed by atoms with Gasteiger partial charge in [0.2, 0.25) is 0 Å². The second-order valence-electron chi connectivity index (χ2n) is 5.81. The number of hydrogen-bond acceptors (Lipinski definition) is 4. The first-order chi connectivity index (χ1) is 12.2. The zero-order chi connectivity index (χ0) is 19.3. The summed E-state index contributed by atoms with van der Waals surface area (Å²) < 4.78 is 38.5. The maximum absolute atomic E-state index is 12.8. The second kappa shape index (κ2) is 8.37. The van der Waals surface area contributed by atoms with Gasteiger partial charge in [-0.25, -0.2) is 0 Å². The van der Waals surface area contributed by atoms with Crippen molar-refractivity contribution in [3.05, 3.63) is 52.8 Å². The van der Waals surface area contributed by atoms with Gasteiger partial charge in [-0.15, -0.1) is 0 Å². The Kier molecular flexibility index (Phi) is 6.44. The number of alkyl halides is 3. The van der Waals surface area contributed by atoms with Crippen molar-refractivity contribution < 1.29 is 18.0 Å².